The molecule has 0 aliphatic heterocycles. The molecule has 2 heterocycles. The van der Waals surface area contributed by atoms with Crippen LogP contribution in [0, 0.1) is 6.92 Å². The summed E-state index contributed by atoms with van der Waals surface area (Å²) in [5.41, 5.74) is 0. The summed E-state index contributed by atoms with van der Waals surface area (Å²) in [6.45, 7) is 1.90. The van der Waals surface area contributed by atoms with Gasteiger partial charge in [0.15, 0.2) is 5.75 Å². The lowest BCUT2D eigenvalue weighted by Gasteiger charge is -2.08. The van der Waals surface area contributed by atoms with Crippen molar-refractivity contribution in [2.24, 2.45) is 0 Å². The van der Waals surface area contributed by atoms with Crippen LogP contribution in [0.2, 0.25) is 0 Å². The number of nitrogens with zero attached hydrogens (tertiary/aromatic N) is 2. The van der Waals surface area contributed by atoms with Crippen LogP contribution in [0.1, 0.15) is 37.5 Å². The van der Waals surface area contributed by atoms with Gasteiger partial charge in [-0.15, -0.1) is 0 Å². The molecule has 90 valence electrons. The molecule has 17 heavy (non-hydrogen) atoms. The number of aromatic nitrogens is 2. The average molecular weight is 232 g/mol. The Morgan fingerprint density at radius 2 is 2.18 bits per heavy atom. The van der Waals surface area contributed by atoms with E-state index >= 15 is 0 Å². The molecule has 3 rings (SSSR count). The van der Waals surface area contributed by atoms with Crippen molar-refractivity contribution in [2.45, 2.75) is 38.6 Å². The summed E-state index contributed by atoms with van der Waals surface area (Å²) in [5.74, 6) is 2.11. The van der Waals surface area contributed by atoms with E-state index in [1.807, 2.05) is 29.9 Å². The van der Waals surface area contributed by atoms with Gasteiger partial charge in [0.1, 0.15) is 5.76 Å². The molecule has 1 aliphatic rings. The summed E-state index contributed by atoms with van der Waals surface area (Å²) in [4.78, 5) is 0. The van der Waals surface area contributed by atoms with Crippen LogP contribution in [-0.2, 0) is 0 Å². The van der Waals surface area contributed by atoms with E-state index in [-0.39, 0.29) is 0 Å². The van der Waals surface area contributed by atoms with Crippen molar-refractivity contribution in [2.75, 3.05) is 0 Å². The quantitative estimate of drug-likeness (QED) is 0.810. The summed E-state index contributed by atoms with van der Waals surface area (Å²) in [5, 5.41) is 4.35. The normalized spacial score (nSPS) is 16.5. The van der Waals surface area contributed by atoms with Crippen LogP contribution >= 0.6 is 0 Å². The van der Waals surface area contributed by atoms with E-state index < -0.39 is 0 Å². The summed E-state index contributed by atoms with van der Waals surface area (Å²) >= 11 is 0. The molecule has 0 N–H and O–H groups in total. The summed E-state index contributed by atoms with van der Waals surface area (Å²) in [7, 11) is 0. The minimum Gasteiger partial charge on any atom is -0.431 e. The van der Waals surface area contributed by atoms with Crippen molar-refractivity contribution in [3.63, 3.8) is 0 Å². The third-order valence-corrected chi connectivity index (χ3v) is 3.21. The van der Waals surface area contributed by atoms with E-state index in [1.54, 1.807) is 6.20 Å². The average Bonchev–Trinajstić information content (AvgIpc) is 3.00. The van der Waals surface area contributed by atoms with Gasteiger partial charge in [-0.3, -0.25) is 4.68 Å². The van der Waals surface area contributed by atoms with Crippen molar-refractivity contribution < 1.29 is 9.15 Å². The van der Waals surface area contributed by atoms with Gasteiger partial charge in [-0.1, -0.05) is 12.8 Å². The zero-order valence-corrected chi connectivity index (χ0v) is 9.93. The number of hydrogen-bond donors (Lipinski definition) is 0. The highest BCUT2D eigenvalue weighted by molar-refractivity contribution is 5.21. The summed E-state index contributed by atoms with van der Waals surface area (Å²) in [6, 6.07) is 4.25. The number of rotatable bonds is 3. The highest BCUT2D eigenvalue weighted by Gasteiger charge is 2.18. The predicted octanol–water partition coefficient (Wildman–Crippen LogP) is 3.69. The van der Waals surface area contributed by atoms with Crippen LogP contribution < -0.4 is 4.74 Å². The molecular formula is C13H16N2O2. The fraction of sp³-hybridized carbons (Fsp3) is 0.462. The maximum absolute atomic E-state index is 5.59. The van der Waals surface area contributed by atoms with Gasteiger partial charge in [-0.05, 0) is 25.8 Å². The molecule has 1 saturated carbocycles. The fourth-order valence-corrected chi connectivity index (χ4v) is 2.32. The standard InChI is InChI=1S/C13H16N2O2/c1-10-6-7-13(16-10)17-12-8-14-15(9-12)11-4-2-3-5-11/h6-9,11H,2-5H2,1H3. The molecule has 0 unspecified atom stereocenters. The van der Waals surface area contributed by atoms with Crippen molar-refractivity contribution >= 4 is 0 Å². The number of aryl methyl sites for hydroxylation is 1. The minimum atomic E-state index is 0.522. The second-order valence-corrected chi connectivity index (χ2v) is 4.56. The Kier molecular flexibility index (Phi) is 2.63. The van der Waals surface area contributed by atoms with Crippen molar-refractivity contribution in [3.05, 3.63) is 30.3 Å². The van der Waals surface area contributed by atoms with E-state index in [2.05, 4.69) is 5.10 Å². The van der Waals surface area contributed by atoms with E-state index in [0.29, 0.717) is 12.0 Å². The lowest BCUT2D eigenvalue weighted by atomic mass is 10.3. The zero-order valence-electron chi connectivity index (χ0n) is 9.93. The number of ether oxygens (including phenoxy) is 1. The molecule has 0 atom stereocenters. The molecule has 4 nitrogen and oxygen atoms in total. The summed E-state index contributed by atoms with van der Waals surface area (Å²) < 4.78 is 13.0. The molecule has 1 fully saturated rings. The molecule has 0 spiro atoms. The maximum atomic E-state index is 5.59. The molecule has 0 bridgehead atoms. The molecule has 0 amide bonds. The molecule has 2 aromatic rings. The molecule has 0 saturated heterocycles. The first-order valence-electron chi connectivity index (χ1n) is 6.10. The first-order chi connectivity index (χ1) is 8.31. The van der Waals surface area contributed by atoms with Crippen LogP contribution in [0.15, 0.2) is 28.9 Å². The first kappa shape index (κ1) is 10.4. The summed E-state index contributed by atoms with van der Waals surface area (Å²) in [6.07, 6.45) is 8.75. The smallest absolute Gasteiger partial charge is 0.290 e. The topological polar surface area (TPSA) is 40.2 Å². The lowest BCUT2D eigenvalue weighted by molar-refractivity contribution is 0.337. The molecule has 4 heteroatoms. The molecule has 0 aromatic carbocycles. The molecular weight excluding hydrogens is 216 g/mol. The third-order valence-electron chi connectivity index (χ3n) is 3.21. The number of hydrogen-bond acceptors (Lipinski definition) is 3. The maximum Gasteiger partial charge on any atom is 0.290 e. The lowest BCUT2D eigenvalue weighted by Crippen LogP contribution is -2.04. The number of furan rings is 1. The fourth-order valence-electron chi connectivity index (χ4n) is 2.32. The monoisotopic (exact) mass is 232 g/mol. The minimum absolute atomic E-state index is 0.522. The third kappa shape index (κ3) is 2.20. The highest BCUT2D eigenvalue weighted by Crippen LogP contribution is 2.31. The zero-order chi connectivity index (χ0) is 11.7. The Hall–Kier alpha value is -1.71. The Bertz CT molecular complexity index is 495. The van der Waals surface area contributed by atoms with Crippen molar-refractivity contribution in [1.29, 1.82) is 0 Å². The Labute approximate surface area is 100 Å². The van der Waals surface area contributed by atoms with Crippen LogP contribution in [0.4, 0.5) is 0 Å². The molecule has 1 aliphatic carbocycles. The van der Waals surface area contributed by atoms with Crippen LogP contribution in [-0.4, -0.2) is 9.78 Å². The largest absolute Gasteiger partial charge is 0.431 e. The Morgan fingerprint density at radius 3 is 2.88 bits per heavy atom. The van der Waals surface area contributed by atoms with Gasteiger partial charge in [0.2, 0.25) is 0 Å². The van der Waals surface area contributed by atoms with Gasteiger partial charge in [0.05, 0.1) is 18.4 Å². The SMILES string of the molecule is Cc1ccc(Oc2cnn(C3CCCC3)c2)o1. The van der Waals surface area contributed by atoms with Gasteiger partial charge < -0.3 is 9.15 Å². The second kappa shape index (κ2) is 4.28. The van der Waals surface area contributed by atoms with Gasteiger partial charge in [0, 0.05) is 6.07 Å². The Balaban J connectivity index is 1.71. The Morgan fingerprint density at radius 1 is 1.35 bits per heavy atom. The van der Waals surface area contributed by atoms with E-state index in [4.69, 9.17) is 9.15 Å². The van der Waals surface area contributed by atoms with Crippen LogP contribution in [0.25, 0.3) is 0 Å². The van der Waals surface area contributed by atoms with E-state index in [9.17, 15) is 0 Å². The second-order valence-electron chi connectivity index (χ2n) is 4.56. The first-order valence-corrected chi connectivity index (χ1v) is 6.10. The van der Waals surface area contributed by atoms with E-state index in [0.717, 1.165) is 11.5 Å². The van der Waals surface area contributed by atoms with Crippen molar-refractivity contribution in [3.8, 4) is 11.7 Å². The van der Waals surface area contributed by atoms with Crippen molar-refractivity contribution in [1.82, 2.24) is 9.78 Å². The van der Waals surface area contributed by atoms with Gasteiger partial charge >= 0.3 is 0 Å². The van der Waals surface area contributed by atoms with Gasteiger partial charge in [-0.2, -0.15) is 5.10 Å². The van der Waals surface area contributed by atoms with Gasteiger partial charge in [-0.25, -0.2) is 0 Å². The highest BCUT2D eigenvalue weighted by atomic mass is 16.6. The van der Waals surface area contributed by atoms with Crippen LogP contribution in [0.5, 0.6) is 11.7 Å². The molecule has 2 aromatic heterocycles. The predicted molar refractivity (Wildman–Crippen MR) is 63.3 cm³/mol. The van der Waals surface area contributed by atoms with E-state index in [1.165, 1.54) is 25.7 Å². The molecule has 0 radical (unpaired) electrons. The van der Waals surface area contributed by atoms with Gasteiger partial charge in [0.25, 0.3) is 5.95 Å². The van der Waals surface area contributed by atoms with Crippen LogP contribution in [0.3, 0.4) is 0 Å².